The van der Waals surface area contributed by atoms with E-state index in [9.17, 15) is 5.11 Å². The van der Waals surface area contributed by atoms with Crippen LogP contribution in [0.1, 0.15) is 37.7 Å². The molecule has 0 aromatic heterocycles. The van der Waals surface area contributed by atoms with Crippen LogP contribution >= 0.6 is 0 Å². The van der Waals surface area contributed by atoms with Gasteiger partial charge >= 0.3 is 0 Å². The lowest BCUT2D eigenvalue weighted by atomic mass is 9.96. The summed E-state index contributed by atoms with van der Waals surface area (Å²) >= 11 is 0. The third kappa shape index (κ3) is 3.56. The van der Waals surface area contributed by atoms with E-state index in [1.807, 2.05) is 0 Å². The van der Waals surface area contributed by atoms with Crippen molar-refractivity contribution in [3.8, 4) is 0 Å². The molecule has 2 rings (SSSR count). The van der Waals surface area contributed by atoms with Crippen LogP contribution in [-0.2, 0) is 0 Å². The molecule has 0 saturated heterocycles. The first-order valence-corrected chi connectivity index (χ1v) is 7.17. The molecule has 0 spiro atoms. The van der Waals surface area contributed by atoms with Gasteiger partial charge in [-0.3, -0.25) is 0 Å². The molecule has 1 aromatic carbocycles. The lowest BCUT2D eigenvalue weighted by Crippen LogP contribution is -2.29. The monoisotopic (exact) mass is 247 g/mol. The third-order valence-corrected chi connectivity index (χ3v) is 4.28. The van der Waals surface area contributed by atoms with Gasteiger partial charge in [0.1, 0.15) is 0 Å². The van der Waals surface area contributed by atoms with Crippen molar-refractivity contribution in [2.45, 2.75) is 32.1 Å². The maximum atomic E-state index is 9.30. The zero-order chi connectivity index (χ0) is 12.8. The van der Waals surface area contributed by atoms with Gasteiger partial charge in [-0.05, 0) is 42.7 Å². The van der Waals surface area contributed by atoms with Crippen molar-refractivity contribution in [2.75, 3.05) is 19.7 Å². The SMILES string of the molecule is CC(CNCC1CCCC1CO)c1ccccc1. The van der Waals surface area contributed by atoms with Crippen molar-refractivity contribution in [1.82, 2.24) is 5.32 Å². The molecule has 3 unspecified atom stereocenters. The zero-order valence-electron chi connectivity index (χ0n) is 11.3. The summed E-state index contributed by atoms with van der Waals surface area (Å²) in [5.41, 5.74) is 1.40. The van der Waals surface area contributed by atoms with Gasteiger partial charge < -0.3 is 10.4 Å². The first-order chi connectivity index (χ1) is 8.81. The van der Waals surface area contributed by atoms with Crippen LogP contribution in [0.4, 0.5) is 0 Å². The van der Waals surface area contributed by atoms with Crippen molar-refractivity contribution in [3.05, 3.63) is 35.9 Å². The highest BCUT2D eigenvalue weighted by molar-refractivity contribution is 5.18. The predicted octanol–water partition coefficient (Wildman–Crippen LogP) is 2.79. The molecule has 1 aliphatic rings. The van der Waals surface area contributed by atoms with Crippen LogP contribution in [0.2, 0.25) is 0 Å². The lowest BCUT2D eigenvalue weighted by molar-refractivity contribution is 0.192. The molecule has 0 radical (unpaired) electrons. The Morgan fingerprint density at radius 3 is 2.67 bits per heavy atom. The Balaban J connectivity index is 1.72. The maximum absolute atomic E-state index is 9.30. The van der Waals surface area contributed by atoms with E-state index in [-0.39, 0.29) is 0 Å². The largest absolute Gasteiger partial charge is 0.396 e. The molecule has 1 aliphatic carbocycles. The minimum absolute atomic E-state index is 0.362. The Bertz CT molecular complexity index is 338. The molecular weight excluding hydrogens is 222 g/mol. The summed E-state index contributed by atoms with van der Waals surface area (Å²) < 4.78 is 0. The second kappa shape index (κ2) is 6.91. The second-order valence-electron chi connectivity index (χ2n) is 5.60. The van der Waals surface area contributed by atoms with Gasteiger partial charge in [0.15, 0.2) is 0 Å². The molecular formula is C16H25NO. The molecule has 2 N–H and O–H groups in total. The summed E-state index contributed by atoms with van der Waals surface area (Å²) in [6.45, 7) is 4.71. The summed E-state index contributed by atoms with van der Waals surface area (Å²) in [6, 6.07) is 10.7. The van der Waals surface area contributed by atoms with E-state index in [0.717, 1.165) is 13.1 Å². The van der Waals surface area contributed by atoms with Crippen molar-refractivity contribution in [1.29, 1.82) is 0 Å². The first-order valence-electron chi connectivity index (χ1n) is 7.17. The summed E-state index contributed by atoms with van der Waals surface area (Å²) in [7, 11) is 0. The number of nitrogens with one attached hydrogen (secondary N) is 1. The molecule has 2 nitrogen and oxygen atoms in total. The molecule has 1 fully saturated rings. The van der Waals surface area contributed by atoms with Gasteiger partial charge in [0.25, 0.3) is 0 Å². The quantitative estimate of drug-likeness (QED) is 0.810. The van der Waals surface area contributed by atoms with Gasteiger partial charge in [-0.1, -0.05) is 43.7 Å². The van der Waals surface area contributed by atoms with Gasteiger partial charge in [-0.2, -0.15) is 0 Å². The normalized spacial score (nSPS) is 25.2. The van der Waals surface area contributed by atoms with E-state index in [1.54, 1.807) is 0 Å². The number of hydrogen-bond acceptors (Lipinski definition) is 2. The van der Waals surface area contributed by atoms with E-state index in [1.165, 1.54) is 24.8 Å². The van der Waals surface area contributed by atoms with E-state index in [4.69, 9.17) is 0 Å². The molecule has 1 saturated carbocycles. The summed E-state index contributed by atoms with van der Waals surface area (Å²) in [5.74, 6) is 1.77. The highest BCUT2D eigenvalue weighted by Crippen LogP contribution is 2.30. The lowest BCUT2D eigenvalue weighted by Gasteiger charge is -2.19. The Kier molecular flexibility index (Phi) is 5.21. The third-order valence-electron chi connectivity index (χ3n) is 4.28. The van der Waals surface area contributed by atoms with Gasteiger partial charge in [0.2, 0.25) is 0 Å². The number of benzene rings is 1. The van der Waals surface area contributed by atoms with Crippen molar-refractivity contribution >= 4 is 0 Å². The van der Waals surface area contributed by atoms with E-state index in [0.29, 0.717) is 24.4 Å². The van der Waals surface area contributed by atoms with Crippen LogP contribution in [-0.4, -0.2) is 24.8 Å². The van der Waals surface area contributed by atoms with Gasteiger partial charge in [0, 0.05) is 13.2 Å². The molecule has 2 heteroatoms. The van der Waals surface area contributed by atoms with E-state index >= 15 is 0 Å². The molecule has 0 aliphatic heterocycles. The number of aliphatic hydroxyl groups is 1. The van der Waals surface area contributed by atoms with Crippen LogP contribution in [0.25, 0.3) is 0 Å². The van der Waals surface area contributed by atoms with Gasteiger partial charge in [-0.25, -0.2) is 0 Å². The second-order valence-corrected chi connectivity index (χ2v) is 5.60. The summed E-state index contributed by atoms with van der Waals surface area (Å²) in [6.07, 6.45) is 3.76. The minimum atomic E-state index is 0.362. The zero-order valence-corrected chi connectivity index (χ0v) is 11.3. The van der Waals surface area contributed by atoms with Crippen molar-refractivity contribution < 1.29 is 5.11 Å². The average Bonchev–Trinajstić information content (AvgIpc) is 2.87. The van der Waals surface area contributed by atoms with Crippen molar-refractivity contribution in [2.24, 2.45) is 11.8 Å². The minimum Gasteiger partial charge on any atom is -0.396 e. The van der Waals surface area contributed by atoms with Crippen molar-refractivity contribution in [3.63, 3.8) is 0 Å². The van der Waals surface area contributed by atoms with Crippen LogP contribution in [0.3, 0.4) is 0 Å². The molecule has 0 amide bonds. The van der Waals surface area contributed by atoms with E-state index < -0.39 is 0 Å². The Labute approximate surface area is 110 Å². The molecule has 0 heterocycles. The maximum Gasteiger partial charge on any atom is 0.0462 e. The molecule has 18 heavy (non-hydrogen) atoms. The first kappa shape index (κ1) is 13.6. The Morgan fingerprint density at radius 1 is 1.22 bits per heavy atom. The number of rotatable bonds is 6. The highest BCUT2D eigenvalue weighted by atomic mass is 16.3. The topological polar surface area (TPSA) is 32.3 Å². The summed E-state index contributed by atoms with van der Waals surface area (Å²) in [4.78, 5) is 0. The van der Waals surface area contributed by atoms with Crippen LogP contribution < -0.4 is 5.32 Å². The van der Waals surface area contributed by atoms with Crippen LogP contribution in [0.15, 0.2) is 30.3 Å². The van der Waals surface area contributed by atoms with Gasteiger partial charge in [-0.15, -0.1) is 0 Å². The van der Waals surface area contributed by atoms with E-state index in [2.05, 4.69) is 42.6 Å². The smallest absolute Gasteiger partial charge is 0.0462 e. The molecule has 1 aromatic rings. The Morgan fingerprint density at radius 2 is 1.94 bits per heavy atom. The summed E-state index contributed by atoms with van der Waals surface area (Å²) in [5, 5.41) is 12.9. The predicted molar refractivity (Wildman–Crippen MR) is 75.6 cm³/mol. The number of hydrogen-bond donors (Lipinski definition) is 2. The van der Waals surface area contributed by atoms with Crippen LogP contribution in [0, 0.1) is 11.8 Å². The fourth-order valence-electron chi connectivity index (χ4n) is 3.01. The number of aliphatic hydroxyl groups excluding tert-OH is 1. The van der Waals surface area contributed by atoms with Gasteiger partial charge in [0.05, 0.1) is 0 Å². The fourth-order valence-corrected chi connectivity index (χ4v) is 3.01. The molecule has 3 atom stereocenters. The average molecular weight is 247 g/mol. The Hall–Kier alpha value is -0.860. The molecule has 100 valence electrons. The molecule has 0 bridgehead atoms. The fraction of sp³-hybridized carbons (Fsp3) is 0.625. The van der Waals surface area contributed by atoms with Crippen LogP contribution in [0.5, 0.6) is 0 Å². The highest BCUT2D eigenvalue weighted by Gasteiger charge is 2.25. The standard InChI is InChI=1S/C16H25NO/c1-13(14-6-3-2-4-7-14)10-17-11-15-8-5-9-16(15)12-18/h2-4,6-7,13,15-18H,5,8-12H2,1H3.